The van der Waals surface area contributed by atoms with Crippen LogP contribution in [0.3, 0.4) is 0 Å². The van der Waals surface area contributed by atoms with Gasteiger partial charge in [-0.3, -0.25) is 4.99 Å². The number of imidazole rings is 1. The molecule has 0 saturated carbocycles. The average Bonchev–Trinajstić information content (AvgIpc) is 3.08. The van der Waals surface area contributed by atoms with Gasteiger partial charge in [-0.2, -0.15) is 4.98 Å². The van der Waals surface area contributed by atoms with Crippen molar-refractivity contribution in [1.82, 2.24) is 19.5 Å². The summed E-state index contributed by atoms with van der Waals surface area (Å²) in [5.74, 6) is 1.03. The van der Waals surface area contributed by atoms with Crippen molar-refractivity contribution >= 4 is 23.1 Å². The molecule has 7 heteroatoms. The monoisotopic (exact) mass is 336 g/mol. The number of benzene rings is 1. The summed E-state index contributed by atoms with van der Waals surface area (Å²) >= 11 is 0. The Labute approximate surface area is 145 Å². The lowest BCUT2D eigenvalue weighted by atomic mass is 10.1. The molecule has 3 aromatic rings. The maximum atomic E-state index is 6.09. The topological polar surface area (TPSA) is 91.2 Å². The van der Waals surface area contributed by atoms with Crippen molar-refractivity contribution in [2.24, 2.45) is 10.7 Å². The fraction of sp³-hybridized carbons (Fsp3) is 0.222. The Kier molecular flexibility index (Phi) is 4.74. The number of aryl methyl sites for hydroxylation is 1. The number of hydrogen-bond acceptors (Lipinski definition) is 6. The third kappa shape index (κ3) is 3.21. The molecule has 128 valence electrons. The van der Waals surface area contributed by atoms with Gasteiger partial charge in [0.15, 0.2) is 17.0 Å². The van der Waals surface area contributed by atoms with Crippen molar-refractivity contribution < 1.29 is 4.74 Å². The number of hydrogen-bond donors (Lipinski definition) is 1. The molecule has 0 radical (unpaired) electrons. The number of methoxy groups -OCH3 is 1. The number of nitrogens with two attached hydrogens (primary N) is 1. The molecule has 0 amide bonds. The molecule has 0 saturated heterocycles. The molecular formula is C18H20N6O. The first-order chi connectivity index (χ1) is 12.2. The zero-order chi connectivity index (χ0) is 17.8. The number of nitrogens with zero attached hydrogens (tertiary/aromatic N) is 5. The molecule has 7 nitrogen and oxygen atoms in total. The lowest BCUT2D eigenvalue weighted by Crippen LogP contribution is -2.01. The predicted octanol–water partition coefficient (Wildman–Crippen LogP) is 2.52. The van der Waals surface area contributed by atoms with Crippen molar-refractivity contribution in [3.8, 4) is 17.3 Å². The van der Waals surface area contributed by atoms with Gasteiger partial charge in [-0.1, -0.05) is 18.2 Å². The van der Waals surface area contributed by atoms with E-state index in [0.717, 1.165) is 23.3 Å². The first-order valence-electron chi connectivity index (χ1n) is 7.93. The summed E-state index contributed by atoms with van der Waals surface area (Å²) < 4.78 is 7.36. The average molecular weight is 336 g/mol. The molecule has 2 aromatic heterocycles. The summed E-state index contributed by atoms with van der Waals surface area (Å²) in [6.07, 6.45) is 5.16. The maximum Gasteiger partial charge on any atom is 0.245 e. The number of fused-ring (bicyclic) bond motifs is 1. The van der Waals surface area contributed by atoms with E-state index in [1.807, 2.05) is 35.8 Å². The van der Waals surface area contributed by atoms with E-state index >= 15 is 0 Å². The fourth-order valence-electron chi connectivity index (χ4n) is 2.51. The number of rotatable bonds is 5. The van der Waals surface area contributed by atoms with Gasteiger partial charge in [-0.15, -0.1) is 0 Å². The van der Waals surface area contributed by atoms with Gasteiger partial charge in [0.2, 0.25) is 5.88 Å². The highest BCUT2D eigenvalue weighted by Gasteiger charge is 2.14. The summed E-state index contributed by atoms with van der Waals surface area (Å²) in [7, 11) is 3.28. The van der Waals surface area contributed by atoms with Gasteiger partial charge in [-0.25, -0.2) is 9.97 Å². The molecule has 25 heavy (non-hydrogen) atoms. The van der Waals surface area contributed by atoms with E-state index in [1.165, 1.54) is 0 Å². The fourth-order valence-corrected chi connectivity index (χ4v) is 2.51. The molecule has 2 heterocycles. The van der Waals surface area contributed by atoms with E-state index in [-0.39, 0.29) is 0 Å². The Bertz CT molecular complexity index is 957. The molecule has 0 fully saturated rings. The van der Waals surface area contributed by atoms with Gasteiger partial charge in [0, 0.05) is 31.1 Å². The molecule has 0 bridgehead atoms. The van der Waals surface area contributed by atoms with Crippen LogP contribution in [0.15, 0.2) is 41.7 Å². The van der Waals surface area contributed by atoms with E-state index in [2.05, 4.69) is 19.9 Å². The third-order valence-electron chi connectivity index (χ3n) is 3.82. The zero-order valence-electron chi connectivity index (χ0n) is 14.5. The zero-order valence-corrected chi connectivity index (χ0v) is 14.5. The van der Waals surface area contributed by atoms with Crippen molar-refractivity contribution in [2.45, 2.75) is 13.5 Å². The van der Waals surface area contributed by atoms with Crippen LogP contribution in [0.4, 0.5) is 0 Å². The van der Waals surface area contributed by atoms with Crippen LogP contribution in [0.5, 0.6) is 5.88 Å². The smallest absolute Gasteiger partial charge is 0.245 e. The van der Waals surface area contributed by atoms with Gasteiger partial charge in [0.1, 0.15) is 0 Å². The van der Waals surface area contributed by atoms with Crippen LogP contribution < -0.4 is 10.5 Å². The largest absolute Gasteiger partial charge is 0.479 e. The first kappa shape index (κ1) is 16.6. The number of aliphatic imine (C=N–C) groups is 1. The molecule has 2 N–H and O–H groups in total. The van der Waals surface area contributed by atoms with Crippen molar-refractivity contribution in [1.29, 1.82) is 0 Å². The highest BCUT2D eigenvalue weighted by molar-refractivity contribution is 5.84. The number of ether oxygens (including phenoxy) is 1. The van der Waals surface area contributed by atoms with E-state index in [1.54, 1.807) is 32.8 Å². The molecular weight excluding hydrogens is 316 g/mol. The molecule has 0 aliphatic carbocycles. The molecule has 3 rings (SSSR count). The molecule has 1 aromatic carbocycles. The first-order valence-corrected chi connectivity index (χ1v) is 7.93. The lowest BCUT2D eigenvalue weighted by Gasteiger charge is -2.08. The minimum absolute atomic E-state index is 0.458. The van der Waals surface area contributed by atoms with Gasteiger partial charge in [0.25, 0.3) is 0 Å². The molecule has 0 atom stereocenters. The Morgan fingerprint density at radius 3 is 2.92 bits per heavy atom. The highest BCUT2D eigenvalue weighted by atomic mass is 16.5. The van der Waals surface area contributed by atoms with Crippen LogP contribution in [0.1, 0.15) is 12.5 Å². The summed E-state index contributed by atoms with van der Waals surface area (Å²) in [5, 5.41) is 0. The summed E-state index contributed by atoms with van der Waals surface area (Å²) in [4.78, 5) is 17.4. The summed E-state index contributed by atoms with van der Waals surface area (Å²) in [6, 6.07) is 7.75. The van der Waals surface area contributed by atoms with Crippen LogP contribution in [0.25, 0.3) is 28.2 Å². The number of aromatic nitrogens is 4. The SMILES string of the molecule is CCn1cnc2c(OC)nc(-c3cccc(C(N)=CC=NC)c3)nc21. The predicted molar refractivity (Wildman–Crippen MR) is 99.6 cm³/mol. The Hall–Kier alpha value is -3.22. The van der Waals surface area contributed by atoms with Crippen LogP contribution in [0.2, 0.25) is 0 Å². The molecule has 0 unspecified atom stereocenters. The molecule has 0 aliphatic heterocycles. The minimum atomic E-state index is 0.458. The van der Waals surface area contributed by atoms with E-state index in [9.17, 15) is 0 Å². The maximum absolute atomic E-state index is 6.09. The molecule has 0 aliphatic rings. The van der Waals surface area contributed by atoms with Crippen molar-refractivity contribution in [3.05, 3.63) is 42.2 Å². The van der Waals surface area contributed by atoms with Gasteiger partial charge < -0.3 is 15.0 Å². The second-order valence-corrected chi connectivity index (χ2v) is 5.37. The Morgan fingerprint density at radius 2 is 2.20 bits per heavy atom. The minimum Gasteiger partial charge on any atom is -0.479 e. The normalized spacial score (nSPS) is 12.2. The second-order valence-electron chi connectivity index (χ2n) is 5.37. The lowest BCUT2D eigenvalue weighted by molar-refractivity contribution is 0.402. The Balaban J connectivity index is 2.13. The van der Waals surface area contributed by atoms with Crippen LogP contribution in [0, 0.1) is 0 Å². The third-order valence-corrected chi connectivity index (χ3v) is 3.82. The Morgan fingerprint density at radius 1 is 1.36 bits per heavy atom. The van der Waals surface area contributed by atoms with Gasteiger partial charge in [-0.05, 0) is 24.6 Å². The highest BCUT2D eigenvalue weighted by Crippen LogP contribution is 2.26. The van der Waals surface area contributed by atoms with Gasteiger partial charge in [0.05, 0.1) is 13.4 Å². The summed E-state index contributed by atoms with van der Waals surface area (Å²) in [6.45, 7) is 2.80. The quantitative estimate of drug-likeness (QED) is 0.723. The van der Waals surface area contributed by atoms with Gasteiger partial charge >= 0.3 is 0 Å². The summed E-state index contributed by atoms with van der Waals surface area (Å²) in [5.41, 5.74) is 9.85. The van der Waals surface area contributed by atoms with Crippen LogP contribution in [-0.4, -0.2) is 39.9 Å². The van der Waals surface area contributed by atoms with Crippen LogP contribution in [-0.2, 0) is 6.54 Å². The standard InChI is InChI=1S/C18H20N6O/c1-4-24-11-21-15-17(24)22-16(23-18(15)25-3)13-7-5-6-12(10-13)14(19)8-9-20-2/h5-11H,4,19H2,1-3H3. The molecule has 0 spiro atoms. The van der Waals surface area contributed by atoms with Crippen LogP contribution >= 0.6 is 0 Å². The van der Waals surface area contributed by atoms with E-state index < -0.39 is 0 Å². The number of allylic oxidation sites excluding steroid dienone is 1. The van der Waals surface area contributed by atoms with E-state index in [0.29, 0.717) is 22.9 Å². The van der Waals surface area contributed by atoms with Crippen molar-refractivity contribution in [3.63, 3.8) is 0 Å². The van der Waals surface area contributed by atoms with Crippen molar-refractivity contribution in [2.75, 3.05) is 14.2 Å². The van der Waals surface area contributed by atoms with E-state index in [4.69, 9.17) is 10.5 Å². The second kappa shape index (κ2) is 7.12.